The summed E-state index contributed by atoms with van der Waals surface area (Å²) in [7, 11) is -3.19. The number of hydrogen-bond donors (Lipinski definition) is 1. The van der Waals surface area contributed by atoms with E-state index in [-0.39, 0.29) is 4.90 Å². The topological polar surface area (TPSA) is 85.1 Å². The Morgan fingerprint density at radius 3 is 2.48 bits per heavy atom. The zero-order chi connectivity index (χ0) is 14.9. The smallest absolute Gasteiger partial charge is 0.257 e. The van der Waals surface area contributed by atoms with Crippen molar-refractivity contribution >= 4 is 9.84 Å². The fraction of sp³-hybridized carbons (Fsp3) is 0.429. The molecule has 1 fully saturated rings. The predicted molar refractivity (Wildman–Crippen MR) is 77.7 cm³/mol. The summed E-state index contributed by atoms with van der Waals surface area (Å²) in [6.45, 7) is 1.94. The summed E-state index contributed by atoms with van der Waals surface area (Å²) in [5, 5.41) is 7.36. The lowest BCUT2D eigenvalue weighted by Gasteiger charge is -2.18. The highest BCUT2D eigenvalue weighted by Gasteiger charge is 2.21. The van der Waals surface area contributed by atoms with Crippen LogP contribution < -0.4 is 5.32 Å². The van der Waals surface area contributed by atoms with Gasteiger partial charge in [-0.05, 0) is 50.2 Å². The highest BCUT2D eigenvalue weighted by Crippen LogP contribution is 2.26. The number of rotatable bonds is 3. The minimum Gasteiger partial charge on any atom is -0.334 e. The summed E-state index contributed by atoms with van der Waals surface area (Å²) < 4.78 is 28.2. The molecule has 7 heteroatoms. The van der Waals surface area contributed by atoms with E-state index >= 15 is 0 Å². The average molecular weight is 307 g/mol. The first-order valence-corrected chi connectivity index (χ1v) is 8.78. The number of benzene rings is 1. The van der Waals surface area contributed by atoms with E-state index in [1.54, 1.807) is 24.3 Å². The molecule has 1 N–H and O–H groups in total. The van der Waals surface area contributed by atoms with Gasteiger partial charge in [0.05, 0.1) is 4.90 Å². The summed E-state index contributed by atoms with van der Waals surface area (Å²) >= 11 is 0. The van der Waals surface area contributed by atoms with Gasteiger partial charge >= 0.3 is 0 Å². The van der Waals surface area contributed by atoms with Crippen LogP contribution in [0.4, 0.5) is 0 Å². The molecule has 0 aliphatic carbocycles. The normalized spacial score (nSPS) is 17.0. The fourth-order valence-corrected chi connectivity index (χ4v) is 3.07. The molecule has 1 aliphatic heterocycles. The van der Waals surface area contributed by atoms with E-state index in [9.17, 15) is 8.42 Å². The first kappa shape index (κ1) is 14.2. The molecule has 1 aromatic carbocycles. The standard InChI is InChI=1S/C14H17N3O3S/c1-21(18,19)12-4-2-11(3-5-12)14-16-13(17-20-14)10-6-8-15-9-7-10/h2-5,10,15H,6-9H2,1H3. The molecule has 0 radical (unpaired) electrons. The molecule has 112 valence electrons. The third-order valence-electron chi connectivity index (χ3n) is 3.68. The Bertz CT molecular complexity index is 716. The Morgan fingerprint density at radius 2 is 1.86 bits per heavy atom. The zero-order valence-electron chi connectivity index (χ0n) is 11.7. The van der Waals surface area contributed by atoms with Crippen LogP contribution in [0, 0.1) is 0 Å². The summed E-state index contributed by atoms with van der Waals surface area (Å²) in [6.07, 6.45) is 3.20. The van der Waals surface area contributed by atoms with Crippen molar-refractivity contribution in [2.24, 2.45) is 0 Å². The number of nitrogens with one attached hydrogen (secondary N) is 1. The SMILES string of the molecule is CS(=O)(=O)c1ccc(-c2nc(C3CCNCC3)no2)cc1. The number of aromatic nitrogens is 2. The molecule has 1 saturated heterocycles. The van der Waals surface area contributed by atoms with Crippen molar-refractivity contribution < 1.29 is 12.9 Å². The molecule has 0 saturated carbocycles. The molecule has 0 spiro atoms. The van der Waals surface area contributed by atoms with Gasteiger partial charge in [-0.1, -0.05) is 5.16 Å². The highest BCUT2D eigenvalue weighted by molar-refractivity contribution is 7.90. The minimum absolute atomic E-state index is 0.282. The van der Waals surface area contributed by atoms with Gasteiger partial charge in [0.25, 0.3) is 5.89 Å². The van der Waals surface area contributed by atoms with Gasteiger partial charge in [0.2, 0.25) is 0 Å². The predicted octanol–water partition coefficient (Wildman–Crippen LogP) is 1.61. The third-order valence-corrected chi connectivity index (χ3v) is 4.80. The summed E-state index contributed by atoms with van der Waals surface area (Å²) in [4.78, 5) is 4.72. The van der Waals surface area contributed by atoms with E-state index in [0.717, 1.165) is 37.3 Å². The second kappa shape index (κ2) is 5.57. The van der Waals surface area contributed by atoms with Crippen molar-refractivity contribution in [3.8, 4) is 11.5 Å². The van der Waals surface area contributed by atoms with E-state index in [0.29, 0.717) is 11.8 Å². The molecule has 0 unspecified atom stereocenters. The molecule has 21 heavy (non-hydrogen) atoms. The van der Waals surface area contributed by atoms with Crippen molar-refractivity contribution in [1.82, 2.24) is 15.5 Å². The van der Waals surface area contributed by atoms with Crippen LogP contribution in [0.15, 0.2) is 33.7 Å². The fourth-order valence-electron chi connectivity index (χ4n) is 2.44. The maximum absolute atomic E-state index is 11.4. The molecular weight excluding hydrogens is 290 g/mol. The first-order chi connectivity index (χ1) is 10.0. The molecule has 2 aromatic rings. The van der Waals surface area contributed by atoms with E-state index < -0.39 is 9.84 Å². The largest absolute Gasteiger partial charge is 0.334 e. The summed E-state index contributed by atoms with van der Waals surface area (Å²) in [5.41, 5.74) is 0.732. The summed E-state index contributed by atoms with van der Waals surface area (Å²) in [6, 6.07) is 6.49. The Hall–Kier alpha value is -1.73. The zero-order valence-corrected chi connectivity index (χ0v) is 12.6. The van der Waals surface area contributed by atoms with E-state index in [1.165, 1.54) is 6.26 Å². The van der Waals surface area contributed by atoms with Gasteiger partial charge in [-0.2, -0.15) is 4.98 Å². The lowest BCUT2D eigenvalue weighted by Crippen LogP contribution is -2.27. The van der Waals surface area contributed by atoms with Gasteiger partial charge in [-0.15, -0.1) is 0 Å². The Labute approximate surface area is 123 Å². The van der Waals surface area contributed by atoms with Gasteiger partial charge in [0, 0.05) is 17.7 Å². The maximum Gasteiger partial charge on any atom is 0.257 e. The molecule has 6 nitrogen and oxygen atoms in total. The molecular formula is C14H17N3O3S. The third kappa shape index (κ3) is 3.14. The van der Waals surface area contributed by atoms with Gasteiger partial charge in [-0.3, -0.25) is 0 Å². The van der Waals surface area contributed by atoms with E-state index in [4.69, 9.17) is 4.52 Å². The van der Waals surface area contributed by atoms with Crippen LogP contribution in [-0.2, 0) is 9.84 Å². The van der Waals surface area contributed by atoms with Crippen molar-refractivity contribution in [2.75, 3.05) is 19.3 Å². The molecule has 0 bridgehead atoms. The lowest BCUT2D eigenvalue weighted by molar-refractivity contribution is 0.392. The molecule has 0 amide bonds. The minimum atomic E-state index is -3.19. The van der Waals surface area contributed by atoms with Gasteiger partial charge in [0.15, 0.2) is 15.7 Å². The quantitative estimate of drug-likeness (QED) is 0.927. The monoisotopic (exact) mass is 307 g/mol. The van der Waals surface area contributed by atoms with Crippen LogP contribution in [0.25, 0.3) is 11.5 Å². The molecule has 0 atom stereocenters. The number of sulfone groups is 1. The summed E-state index contributed by atoms with van der Waals surface area (Å²) in [5.74, 6) is 1.50. The lowest BCUT2D eigenvalue weighted by atomic mass is 9.98. The van der Waals surface area contributed by atoms with Crippen LogP contribution >= 0.6 is 0 Å². The number of piperidine rings is 1. The van der Waals surface area contributed by atoms with Crippen LogP contribution in [0.1, 0.15) is 24.6 Å². The van der Waals surface area contributed by atoms with Crippen molar-refractivity contribution in [2.45, 2.75) is 23.7 Å². The molecule has 1 aliphatic rings. The Balaban J connectivity index is 1.82. The van der Waals surface area contributed by atoms with Crippen LogP contribution in [0.5, 0.6) is 0 Å². The number of hydrogen-bond acceptors (Lipinski definition) is 6. The van der Waals surface area contributed by atoms with Crippen molar-refractivity contribution in [3.05, 3.63) is 30.1 Å². The molecule has 1 aromatic heterocycles. The number of nitrogens with zero attached hydrogens (tertiary/aromatic N) is 2. The van der Waals surface area contributed by atoms with E-state index in [1.807, 2.05) is 0 Å². The van der Waals surface area contributed by atoms with Gasteiger partial charge in [0.1, 0.15) is 0 Å². The van der Waals surface area contributed by atoms with Crippen LogP contribution in [-0.4, -0.2) is 37.9 Å². The first-order valence-electron chi connectivity index (χ1n) is 6.89. The van der Waals surface area contributed by atoms with E-state index in [2.05, 4.69) is 15.5 Å². The van der Waals surface area contributed by atoms with Gasteiger partial charge < -0.3 is 9.84 Å². The average Bonchev–Trinajstić information content (AvgIpc) is 2.97. The van der Waals surface area contributed by atoms with Crippen LogP contribution in [0.2, 0.25) is 0 Å². The van der Waals surface area contributed by atoms with Gasteiger partial charge in [-0.25, -0.2) is 8.42 Å². The Morgan fingerprint density at radius 1 is 1.19 bits per heavy atom. The van der Waals surface area contributed by atoms with Crippen molar-refractivity contribution in [3.63, 3.8) is 0 Å². The maximum atomic E-state index is 11.4. The second-order valence-electron chi connectivity index (χ2n) is 5.28. The Kier molecular flexibility index (Phi) is 3.77. The van der Waals surface area contributed by atoms with Crippen molar-refractivity contribution in [1.29, 1.82) is 0 Å². The molecule has 2 heterocycles. The molecule has 3 rings (SSSR count). The van der Waals surface area contributed by atoms with Crippen LogP contribution in [0.3, 0.4) is 0 Å². The highest BCUT2D eigenvalue weighted by atomic mass is 32.2. The second-order valence-corrected chi connectivity index (χ2v) is 7.29.